The first-order valence-corrected chi connectivity index (χ1v) is 9.43. The van der Waals surface area contributed by atoms with Gasteiger partial charge in [0.1, 0.15) is 5.82 Å². The van der Waals surface area contributed by atoms with Gasteiger partial charge in [-0.2, -0.15) is 5.10 Å². The highest BCUT2D eigenvalue weighted by molar-refractivity contribution is 5.94. The fourth-order valence-corrected chi connectivity index (χ4v) is 3.58. The molecule has 0 saturated carbocycles. The van der Waals surface area contributed by atoms with Gasteiger partial charge in [0, 0.05) is 24.2 Å². The topological polar surface area (TPSA) is 56.6 Å². The summed E-state index contributed by atoms with van der Waals surface area (Å²) in [6.07, 6.45) is 0.779. The van der Waals surface area contributed by atoms with Crippen molar-refractivity contribution in [1.82, 2.24) is 14.7 Å². The summed E-state index contributed by atoms with van der Waals surface area (Å²) in [6, 6.07) is 13.5. The van der Waals surface area contributed by atoms with Crippen LogP contribution in [0.4, 0.5) is 4.39 Å². The van der Waals surface area contributed by atoms with Crippen LogP contribution >= 0.6 is 0 Å². The van der Waals surface area contributed by atoms with Gasteiger partial charge in [-0.3, -0.25) is 9.48 Å². The summed E-state index contributed by atoms with van der Waals surface area (Å²) in [7, 11) is 3.19. The van der Waals surface area contributed by atoms with Crippen molar-refractivity contribution in [3.63, 3.8) is 0 Å². The van der Waals surface area contributed by atoms with Gasteiger partial charge >= 0.3 is 0 Å². The van der Waals surface area contributed by atoms with Gasteiger partial charge < -0.3 is 14.4 Å². The Hall–Kier alpha value is -3.35. The summed E-state index contributed by atoms with van der Waals surface area (Å²) in [4.78, 5) is 14.6. The summed E-state index contributed by atoms with van der Waals surface area (Å²) in [5.74, 6) is 0.707. The Morgan fingerprint density at radius 1 is 1.03 bits per heavy atom. The summed E-state index contributed by atoms with van der Waals surface area (Å²) >= 11 is 0. The number of carbonyl (C=O) groups is 1. The predicted molar refractivity (Wildman–Crippen MR) is 107 cm³/mol. The molecule has 1 aromatic heterocycles. The van der Waals surface area contributed by atoms with Crippen LogP contribution in [-0.2, 0) is 13.1 Å². The maximum atomic E-state index is 13.5. The Bertz CT molecular complexity index is 1050. The molecule has 0 radical (unpaired) electrons. The lowest BCUT2D eigenvalue weighted by atomic mass is 10.1. The number of halogens is 1. The second-order valence-corrected chi connectivity index (χ2v) is 6.90. The van der Waals surface area contributed by atoms with Crippen molar-refractivity contribution in [3.8, 4) is 22.8 Å². The minimum Gasteiger partial charge on any atom is -0.493 e. The first-order valence-electron chi connectivity index (χ1n) is 9.43. The standard InChI is InChI=1S/C22H22FN3O3/c1-28-20-8-7-15(12-21(20)29-2)19-13-18-14-25(9-4-10-26(18)24-19)22(27)16-5-3-6-17(23)11-16/h3,5-8,11-13H,4,9-10,14H2,1-2H3. The normalized spacial score (nSPS) is 13.6. The molecule has 150 valence electrons. The smallest absolute Gasteiger partial charge is 0.254 e. The van der Waals surface area contributed by atoms with Gasteiger partial charge in [0.2, 0.25) is 0 Å². The largest absolute Gasteiger partial charge is 0.493 e. The molecule has 2 heterocycles. The van der Waals surface area contributed by atoms with Gasteiger partial charge in [-0.05, 0) is 48.9 Å². The number of fused-ring (bicyclic) bond motifs is 1. The molecule has 0 unspecified atom stereocenters. The fourth-order valence-electron chi connectivity index (χ4n) is 3.58. The van der Waals surface area contributed by atoms with E-state index in [2.05, 4.69) is 0 Å². The third-order valence-electron chi connectivity index (χ3n) is 5.05. The van der Waals surface area contributed by atoms with Crippen molar-refractivity contribution in [2.45, 2.75) is 19.5 Å². The maximum absolute atomic E-state index is 13.5. The van der Waals surface area contributed by atoms with Crippen molar-refractivity contribution >= 4 is 5.91 Å². The van der Waals surface area contributed by atoms with Crippen molar-refractivity contribution < 1.29 is 18.7 Å². The Kier molecular flexibility index (Phi) is 5.20. The summed E-state index contributed by atoms with van der Waals surface area (Å²) < 4.78 is 26.1. The lowest BCUT2D eigenvalue weighted by Crippen LogP contribution is -2.30. The summed E-state index contributed by atoms with van der Waals surface area (Å²) in [6.45, 7) is 1.75. The summed E-state index contributed by atoms with van der Waals surface area (Å²) in [5.41, 5.74) is 3.02. The van der Waals surface area contributed by atoms with Crippen LogP contribution in [-0.4, -0.2) is 41.4 Å². The number of nitrogens with zero attached hydrogens (tertiary/aromatic N) is 3. The monoisotopic (exact) mass is 395 g/mol. The first-order chi connectivity index (χ1) is 14.1. The molecule has 0 saturated heterocycles. The van der Waals surface area contributed by atoms with Crippen molar-refractivity contribution in [2.75, 3.05) is 20.8 Å². The highest BCUT2D eigenvalue weighted by Crippen LogP contribution is 2.32. The molecule has 3 aromatic rings. The quantitative estimate of drug-likeness (QED) is 0.675. The third kappa shape index (κ3) is 3.81. The van der Waals surface area contributed by atoms with Crippen molar-refractivity contribution in [1.29, 1.82) is 0 Å². The number of hydrogen-bond acceptors (Lipinski definition) is 4. The predicted octanol–water partition coefficient (Wildman–Crippen LogP) is 3.75. The number of hydrogen-bond donors (Lipinski definition) is 0. The lowest BCUT2D eigenvalue weighted by molar-refractivity contribution is 0.0745. The van der Waals surface area contributed by atoms with Crippen LogP contribution < -0.4 is 9.47 Å². The number of carbonyl (C=O) groups excluding carboxylic acids is 1. The van der Waals surface area contributed by atoms with Gasteiger partial charge in [-0.15, -0.1) is 0 Å². The number of rotatable bonds is 4. The molecule has 1 aliphatic heterocycles. The van der Waals surface area contributed by atoms with Crippen LogP contribution in [0.3, 0.4) is 0 Å². The lowest BCUT2D eigenvalue weighted by Gasteiger charge is -2.20. The van der Waals surface area contributed by atoms with E-state index in [0.717, 1.165) is 29.9 Å². The number of amides is 1. The SMILES string of the molecule is COc1ccc(-c2cc3n(n2)CCCN(C(=O)c2cccc(F)c2)C3)cc1OC. The molecule has 1 amide bonds. The highest BCUT2D eigenvalue weighted by atomic mass is 19.1. The molecule has 2 aromatic carbocycles. The zero-order chi connectivity index (χ0) is 20.4. The molecule has 0 spiro atoms. The van der Waals surface area contributed by atoms with E-state index < -0.39 is 5.82 Å². The minimum atomic E-state index is -0.411. The Labute approximate surface area is 168 Å². The Morgan fingerprint density at radius 3 is 2.62 bits per heavy atom. The maximum Gasteiger partial charge on any atom is 0.254 e. The van der Waals surface area contributed by atoms with Gasteiger partial charge in [0.15, 0.2) is 11.5 Å². The Morgan fingerprint density at radius 2 is 1.86 bits per heavy atom. The van der Waals surface area contributed by atoms with Crippen LogP contribution in [0.5, 0.6) is 11.5 Å². The molecule has 0 N–H and O–H groups in total. The number of benzene rings is 2. The van der Waals surface area contributed by atoms with Gasteiger partial charge in [-0.25, -0.2) is 4.39 Å². The Balaban J connectivity index is 1.61. The molecular formula is C22H22FN3O3. The van der Waals surface area contributed by atoms with Gasteiger partial charge in [-0.1, -0.05) is 6.07 Å². The summed E-state index contributed by atoms with van der Waals surface area (Å²) in [5, 5.41) is 4.71. The van der Waals surface area contributed by atoms with E-state index in [4.69, 9.17) is 14.6 Å². The molecule has 0 aliphatic carbocycles. The number of methoxy groups -OCH3 is 2. The van der Waals surface area contributed by atoms with Crippen LogP contribution in [0.15, 0.2) is 48.5 Å². The molecule has 0 atom stereocenters. The zero-order valence-electron chi connectivity index (χ0n) is 16.4. The third-order valence-corrected chi connectivity index (χ3v) is 5.05. The average molecular weight is 395 g/mol. The highest BCUT2D eigenvalue weighted by Gasteiger charge is 2.22. The van der Waals surface area contributed by atoms with E-state index in [-0.39, 0.29) is 5.91 Å². The number of ether oxygens (including phenoxy) is 2. The average Bonchev–Trinajstić information content (AvgIpc) is 3.04. The number of aryl methyl sites for hydroxylation is 1. The van der Waals surface area contributed by atoms with Crippen LogP contribution in [0, 0.1) is 5.82 Å². The van der Waals surface area contributed by atoms with Crippen LogP contribution in [0.25, 0.3) is 11.3 Å². The molecular weight excluding hydrogens is 373 g/mol. The van der Waals surface area contributed by atoms with Crippen LogP contribution in [0.1, 0.15) is 22.5 Å². The molecule has 0 bridgehead atoms. The molecule has 4 rings (SSSR count). The second kappa shape index (κ2) is 7.95. The van der Waals surface area contributed by atoms with E-state index in [1.54, 1.807) is 31.3 Å². The van der Waals surface area contributed by atoms with E-state index in [1.807, 2.05) is 28.9 Å². The van der Waals surface area contributed by atoms with E-state index in [1.165, 1.54) is 12.1 Å². The van der Waals surface area contributed by atoms with Gasteiger partial charge in [0.25, 0.3) is 5.91 Å². The molecule has 6 nitrogen and oxygen atoms in total. The van der Waals surface area contributed by atoms with Crippen molar-refractivity contribution in [2.24, 2.45) is 0 Å². The molecule has 29 heavy (non-hydrogen) atoms. The van der Waals surface area contributed by atoms with Gasteiger partial charge in [0.05, 0.1) is 32.2 Å². The van der Waals surface area contributed by atoms with E-state index in [9.17, 15) is 9.18 Å². The molecule has 7 heteroatoms. The fraction of sp³-hybridized carbons (Fsp3) is 0.273. The zero-order valence-corrected chi connectivity index (χ0v) is 16.4. The molecule has 0 fully saturated rings. The minimum absolute atomic E-state index is 0.174. The second-order valence-electron chi connectivity index (χ2n) is 6.90. The number of aromatic nitrogens is 2. The van der Waals surface area contributed by atoms with E-state index >= 15 is 0 Å². The molecule has 1 aliphatic rings. The van der Waals surface area contributed by atoms with Crippen molar-refractivity contribution in [3.05, 3.63) is 65.6 Å². The van der Waals surface area contributed by atoms with E-state index in [0.29, 0.717) is 30.2 Å². The first kappa shape index (κ1) is 19.0. The van der Waals surface area contributed by atoms with Crippen LogP contribution in [0.2, 0.25) is 0 Å².